The molecule has 2 saturated carbocycles. The number of carbonyl (C=O) groups excluding carboxylic acids is 1. The second-order valence-corrected chi connectivity index (χ2v) is 10.2. The first-order chi connectivity index (χ1) is 16.1. The van der Waals surface area contributed by atoms with E-state index < -0.39 is 0 Å². The van der Waals surface area contributed by atoms with Crippen molar-refractivity contribution in [2.24, 2.45) is 11.0 Å². The van der Waals surface area contributed by atoms with E-state index in [1.165, 1.54) is 24.8 Å². The molecule has 0 radical (unpaired) electrons. The van der Waals surface area contributed by atoms with Crippen LogP contribution in [0.4, 0.5) is 4.79 Å². The number of halogens is 2. The summed E-state index contributed by atoms with van der Waals surface area (Å²) < 4.78 is 0. The normalized spacial score (nSPS) is 24.5. The van der Waals surface area contributed by atoms with Crippen LogP contribution in [0.2, 0.25) is 10.0 Å². The molecule has 2 unspecified atom stereocenters. The van der Waals surface area contributed by atoms with Gasteiger partial charge in [-0.2, -0.15) is 5.10 Å². The quantitative estimate of drug-likeness (QED) is 0.480. The predicted octanol–water partition coefficient (Wildman–Crippen LogP) is 7.63. The Morgan fingerprint density at radius 3 is 2.27 bits per heavy atom. The van der Waals surface area contributed by atoms with E-state index in [1.54, 1.807) is 5.01 Å². The summed E-state index contributed by atoms with van der Waals surface area (Å²) >= 11 is 12.2. The number of hydrogen-bond donors (Lipinski definition) is 1. The molecule has 0 spiro atoms. The van der Waals surface area contributed by atoms with Crippen molar-refractivity contribution in [3.05, 3.63) is 75.3 Å². The van der Waals surface area contributed by atoms with Crippen molar-refractivity contribution in [3.8, 4) is 0 Å². The van der Waals surface area contributed by atoms with Gasteiger partial charge >= 0.3 is 6.03 Å². The van der Waals surface area contributed by atoms with Gasteiger partial charge in [0.2, 0.25) is 0 Å². The molecular weight excluding hydrogens is 453 g/mol. The van der Waals surface area contributed by atoms with Gasteiger partial charge in [-0.3, -0.25) is 0 Å². The van der Waals surface area contributed by atoms with Gasteiger partial charge in [0.15, 0.2) is 0 Å². The van der Waals surface area contributed by atoms with Crippen molar-refractivity contribution < 1.29 is 4.79 Å². The minimum atomic E-state index is -0.116. The van der Waals surface area contributed by atoms with Gasteiger partial charge in [-0.1, -0.05) is 66.7 Å². The average molecular weight is 482 g/mol. The first-order valence-electron chi connectivity index (χ1n) is 12.0. The monoisotopic (exact) mass is 481 g/mol. The summed E-state index contributed by atoms with van der Waals surface area (Å²) in [7, 11) is 0. The number of hydrogen-bond acceptors (Lipinski definition) is 2. The highest BCUT2D eigenvalue weighted by Crippen LogP contribution is 2.44. The molecule has 33 heavy (non-hydrogen) atoms. The first-order valence-corrected chi connectivity index (χ1v) is 12.7. The molecule has 1 N–H and O–H groups in total. The third-order valence-corrected chi connectivity index (χ3v) is 7.57. The summed E-state index contributed by atoms with van der Waals surface area (Å²) in [6.07, 6.45) is 11.0. The van der Waals surface area contributed by atoms with Crippen LogP contribution in [0.5, 0.6) is 0 Å². The lowest BCUT2D eigenvalue weighted by Gasteiger charge is -2.31. The summed E-state index contributed by atoms with van der Waals surface area (Å²) in [6, 6.07) is 15.8. The van der Waals surface area contributed by atoms with E-state index in [2.05, 4.69) is 11.4 Å². The number of nitrogens with zero attached hydrogens (tertiary/aromatic N) is 2. The molecular formula is C27H29Cl2N3O. The lowest BCUT2D eigenvalue weighted by Crippen LogP contribution is -2.44. The molecule has 4 nitrogen and oxygen atoms in total. The zero-order valence-corrected chi connectivity index (χ0v) is 20.2. The fraction of sp³-hybridized carbons (Fsp3) is 0.407. The lowest BCUT2D eigenvalue weighted by atomic mass is 9.77. The van der Waals surface area contributed by atoms with Gasteiger partial charge in [-0.15, -0.1) is 0 Å². The highest BCUT2D eigenvalue weighted by molar-refractivity contribution is 6.30. The van der Waals surface area contributed by atoms with Gasteiger partial charge in [0, 0.05) is 22.0 Å². The van der Waals surface area contributed by atoms with Crippen molar-refractivity contribution in [1.82, 2.24) is 10.3 Å². The van der Waals surface area contributed by atoms with E-state index in [9.17, 15) is 4.79 Å². The Kier molecular flexibility index (Phi) is 6.75. The van der Waals surface area contributed by atoms with Gasteiger partial charge in [0.1, 0.15) is 0 Å². The van der Waals surface area contributed by atoms with Crippen LogP contribution in [0.3, 0.4) is 0 Å². The van der Waals surface area contributed by atoms with Gasteiger partial charge < -0.3 is 5.32 Å². The zero-order chi connectivity index (χ0) is 22.8. The Balaban J connectivity index is 1.48. The smallest absolute Gasteiger partial charge is 0.334 e. The van der Waals surface area contributed by atoms with E-state index in [-0.39, 0.29) is 24.0 Å². The number of hydrazone groups is 1. The third kappa shape index (κ3) is 4.97. The van der Waals surface area contributed by atoms with Crippen molar-refractivity contribution in [3.63, 3.8) is 0 Å². The number of fused-ring (bicyclic) bond motifs is 1. The standard InChI is InChI=1S/C27H29Cl2N3O/c28-21-13-9-18(10-14-21)17-20-5-4-8-24-25(20)31-32(26(24)19-11-15-22(29)16-12-19)27(33)30-23-6-2-1-3-7-23/h9-17,23-24,26H,1-8H2,(H,30,33)/b20-17+. The molecule has 6 heteroatoms. The van der Waals surface area contributed by atoms with Gasteiger partial charge in [0.05, 0.1) is 11.8 Å². The number of allylic oxidation sites excluding steroid dienone is 1. The summed E-state index contributed by atoms with van der Waals surface area (Å²) in [5.74, 6) is 0.176. The van der Waals surface area contributed by atoms with Crippen molar-refractivity contribution in [2.75, 3.05) is 0 Å². The second kappa shape index (κ2) is 9.90. The fourth-order valence-corrected chi connectivity index (χ4v) is 5.66. The summed E-state index contributed by atoms with van der Waals surface area (Å²) in [6.45, 7) is 0. The summed E-state index contributed by atoms with van der Waals surface area (Å²) in [5.41, 5.74) is 4.43. The Morgan fingerprint density at radius 1 is 0.909 bits per heavy atom. The SMILES string of the molecule is O=C(NC1CCCCC1)N1N=C2/C(=C/c3ccc(Cl)cc3)CCCC2C1c1ccc(Cl)cc1. The van der Waals surface area contributed by atoms with Crippen molar-refractivity contribution in [2.45, 2.75) is 63.5 Å². The van der Waals surface area contributed by atoms with Crippen LogP contribution >= 0.6 is 23.2 Å². The molecule has 2 atom stereocenters. The predicted molar refractivity (Wildman–Crippen MR) is 136 cm³/mol. The third-order valence-electron chi connectivity index (χ3n) is 7.06. The maximum absolute atomic E-state index is 13.5. The highest BCUT2D eigenvalue weighted by Gasteiger charge is 2.44. The van der Waals surface area contributed by atoms with Crippen LogP contribution in [0.1, 0.15) is 68.5 Å². The van der Waals surface area contributed by atoms with Crippen LogP contribution in [0.25, 0.3) is 6.08 Å². The number of rotatable bonds is 3. The number of carbonyl (C=O) groups is 1. The fourth-order valence-electron chi connectivity index (χ4n) is 5.41. The molecule has 172 valence electrons. The molecule has 2 amide bonds. The van der Waals surface area contributed by atoms with Crippen LogP contribution in [0.15, 0.2) is 59.2 Å². The topological polar surface area (TPSA) is 44.7 Å². The highest BCUT2D eigenvalue weighted by atomic mass is 35.5. The molecule has 3 aliphatic rings. The van der Waals surface area contributed by atoms with E-state index in [0.29, 0.717) is 5.02 Å². The second-order valence-electron chi connectivity index (χ2n) is 9.33. The Bertz CT molecular complexity index is 1060. The molecule has 2 aromatic carbocycles. The molecule has 1 aliphatic heterocycles. The molecule has 0 aromatic heterocycles. The summed E-state index contributed by atoms with van der Waals surface area (Å²) in [5, 5.41) is 11.4. The maximum atomic E-state index is 13.5. The van der Waals surface area contributed by atoms with E-state index >= 15 is 0 Å². The van der Waals surface area contributed by atoms with Crippen LogP contribution in [-0.2, 0) is 0 Å². The van der Waals surface area contributed by atoms with E-state index in [1.807, 2.05) is 48.5 Å². The molecule has 0 saturated heterocycles. The molecule has 5 rings (SSSR count). The number of amides is 2. The van der Waals surface area contributed by atoms with Gasteiger partial charge in [-0.25, -0.2) is 9.80 Å². The molecule has 0 bridgehead atoms. The van der Waals surface area contributed by atoms with E-state index in [4.69, 9.17) is 28.3 Å². The van der Waals surface area contributed by atoms with Gasteiger partial charge in [-0.05, 0) is 79.1 Å². The zero-order valence-electron chi connectivity index (χ0n) is 18.6. The lowest BCUT2D eigenvalue weighted by molar-refractivity contribution is 0.167. The molecule has 1 heterocycles. The average Bonchev–Trinajstić information content (AvgIpc) is 3.23. The molecule has 2 fully saturated rings. The van der Waals surface area contributed by atoms with Crippen LogP contribution < -0.4 is 5.32 Å². The maximum Gasteiger partial charge on any atom is 0.338 e. The Morgan fingerprint density at radius 2 is 1.58 bits per heavy atom. The number of urea groups is 1. The summed E-state index contributed by atoms with van der Waals surface area (Å²) in [4.78, 5) is 13.5. The Hall–Kier alpha value is -2.30. The van der Waals surface area contributed by atoms with E-state index in [0.717, 1.165) is 54.0 Å². The minimum Gasteiger partial charge on any atom is -0.334 e. The number of benzene rings is 2. The Labute approximate surface area is 205 Å². The van der Waals surface area contributed by atoms with Crippen molar-refractivity contribution in [1.29, 1.82) is 0 Å². The minimum absolute atomic E-state index is 0.0883. The number of nitrogens with one attached hydrogen (secondary N) is 1. The molecule has 2 aromatic rings. The van der Waals surface area contributed by atoms with Gasteiger partial charge in [0.25, 0.3) is 0 Å². The first kappa shape index (κ1) is 22.5. The largest absolute Gasteiger partial charge is 0.338 e. The molecule has 2 aliphatic carbocycles. The van der Waals surface area contributed by atoms with Crippen LogP contribution in [0, 0.1) is 5.92 Å². The van der Waals surface area contributed by atoms with Crippen molar-refractivity contribution >= 4 is 41.0 Å². The van der Waals surface area contributed by atoms with Crippen LogP contribution in [-0.4, -0.2) is 22.8 Å².